The van der Waals surface area contributed by atoms with E-state index < -0.39 is 0 Å². The van der Waals surface area contributed by atoms with Gasteiger partial charge in [-0.15, -0.1) is 0 Å². The van der Waals surface area contributed by atoms with Crippen molar-refractivity contribution in [3.8, 4) is 6.07 Å². The van der Waals surface area contributed by atoms with E-state index in [9.17, 15) is 4.79 Å². The molecule has 0 spiro atoms. The van der Waals surface area contributed by atoms with Crippen LogP contribution in [-0.2, 0) is 6.42 Å². The summed E-state index contributed by atoms with van der Waals surface area (Å²) in [5.41, 5.74) is 7.88. The number of anilines is 1. The minimum absolute atomic E-state index is 0.231. The summed E-state index contributed by atoms with van der Waals surface area (Å²) >= 11 is 5.87. The molecule has 0 aliphatic carbocycles. The molecule has 0 unspecified atom stereocenters. The molecule has 5 heteroatoms. The van der Waals surface area contributed by atoms with Crippen molar-refractivity contribution >= 4 is 23.2 Å². The van der Waals surface area contributed by atoms with Crippen molar-refractivity contribution in [2.75, 3.05) is 11.9 Å². The zero-order valence-corrected chi connectivity index (χ0v) is 12.0. The van der Waals surface area contributed by atoms with Crippen molar-refractivity contribution in [1.82, 2.24) is 0 Å². The summed E-state index contributed by atoms with van der Waals surface area (Å²) in [5.74, 6) is -0.231. The summed E-state index contributed by atoms with van der Waals surface area (Å²) in [6, 6.07) is 14.1. The lowest BCUT2D eigenvalue weighted by Crippen LogP contribution is -2.16. The number of rotatable bonds is 4. The maximum absolute atomic E-state index is 12.3. The molecule has 0 aromatic heterocycles. The molecule has 0 bridgehead atoms. The predicted molar refractivity (Wildman–Crippen MR) is 83.3 cm³/mol. The highest BCUT2D eigenvalue weighted by Gasteiger charge is 2.11. The first-order valence-electron chi connectivity index (χ1n) is 6.44. The summed E-state index contributed by atoms with van der Waals surface area (Å²) in [6.07, 6.45) is 0.633. The molecule has 2 rings (SSSR count). The van der Waals surface area contributed by atoms with Gasteiger partial charge in [-0.25, -0.2) is 0 Å². The Labute approximate surface area is 128 Å². The number of carbonyl (C=O) groups is 1. The molecule has 0 aliphatic rings. The number of nitrogens with one attached hydrogen (secondary N) is 1. The SMILES string of the molecule is N#Cc1cc(NC(=O)c2ccccc2CCN)ccc1Cl. The average molecular weight is 300 g/mol. The Kier molecular flexibility index (Phi) is 4.94. The standard InChI is InChI=1S/C16H14ClN3O/c17-15-6-5-13(9-12(15)10-19)20-16(21)14-4-2-1-3-11(14)7-8-18/h1-6,9H,7-8,18H2,(H,20,21). The van der Waals surface area contributed by atoms with Crippen molar-refractivity contribution in [2.45, 2.75) is 6.42 Å². The number of nitrogens with zero attached hydrogens (tertiary/aromatic N) is 1. The van der Waals surface area contributed by atoms with Crippen molar-refractivity contribution in [1.29, 1.82) is 5.26 Å². The highest BCUT2D eigenvalue weighted by atomic mass is 35.5. The average Bonchev–Trinajstić information content (AvgIpc) is 2.50. The first-order chi connectivity index (χ1) is 10.2. The van der Waals surface area contributed by atoms with Crippen LogP contribution in [0.2, 0.25) is 5.02 Å². The van der Waals surface area contributed by atoms with Crippen LogP contribution in [-0.4, -0.2) is 12.5 Å². The topological polar surface area (TPSA) is 78.9 Å². The van der Waals surface area contributed by atoms with Crippen molar-refractivity contribution in [3.05, 3.63) is 64.2 Å². The van der Waals surface area contributed by atoms with Crippen LogP contribution in [0.1, 0.15) is 21.5 Å². The number of halogens is 1. The zero-order chi connectivity index (χ0) is 15.2. The van der Waals surface area contributed by atoms with Crippen LogP contribution in [0.5, 0.6) is 0 Å². The third-order valence-electron chi connectivity index (χ3n) is 3.02. The zero-order valence-electron chi connectivity index (χ0n) is 11.3. The van der Waals surface area contributed by atoms with E-state index in [2.05, 4.69) is 5.32 Å². The number of benzene rings is 2. The Morgan fingerprint density at radius 3 is 2.76 bits per heavy atom. The molecule has 0 radical (unpaired) electrons. The van der Waals surface area contributed by atoms with E-state index in [1.54, 1.807) is 30.3 Å². The summed E-state index contributed by atoms with van der Waals surface area (Å²) in [7, 11) is 0. The second-order valence-electron chi connectivity index (χ2n) is 4.46. The van der Waals surface area contributed by atoms with Gasteiger partial charge in [0.05, 0.1) is 10.6 Å². The number of hydrogen-bond donors (Lipinski definition) is 2. The fourth-order valence-corrected chi connectivity index (χ4v) is 2.16. The number of nitriles is 1. The number of hydrogen-bond acceptors (Lipinski definition) is 3. The molecule has 3 N–H and O–H groups in total. The molecule has 0 heterocycles. The fourth-order valence-electron chi connectivity index (χ4n) is 2.00. The predicted octanol–water partition coefficient (Wildman–Crippen LogP) is 2.97. The van der Waals surface area contributed by atoms with Crippen molar-refractivity contribution < 1.29 is 4.79 Å². The molecule has 2 aromatic carbocycles. The third kappa shape index (κ3) is 3.60. The number of amides is 1. The van der Waals surface area contributed by atoms with E-state index in [0.29, 0.717) is 34.8 Å². The lowest BCUT2D eigenvalue weighted by molar-refractivity contribution is 0.102. The smallest absolute Gasteiger partial charge is 0.255 e. The molecule has 106 valence electrons. The van der Waals surface area contributed by atoms with E-state index in [4.69, 9.17) is 22.6 Å². The van der Waals surface area contributed by atoms with Crippen LogP contribution in [0.15, 0.2) is 42.5 Å². The maximum Gasteiger partial charge on any atom is 0.255 e. The normalized spacial score (nSPS) is 9.95. The summed E-state index contributed by atoms with van der Waals surface area (Å²) in [5, 5.41) is 12.1. The minimum atomic E-state index is -0.231. The van der Waals surface area contributed by atoms with Crippen LogP contribution in [0.25, 0.3) is 0 Å². The van der Waals surface area contributed by atoms with Crippen LogP contribution in [0.3, 0.4) is 0 Å². The lowest BCUT2D eigenvalue weighted by Gasteiger charge is -2.10. The van der Waals surface area contributed by atoms with Gasteiger partial charge in [0.1, 0.15) is 6.07 Å². The Balaban J connectivity index is 2.24. The molecule has 2 aromatic rings. The van der Waals surface area contributed by atoms with Gasteiger partial charge in [0.2, 0.25) is 0 Å². The van der Waals surface area contributed by atoms with Gasteiger partial charge in [0.15, 0.2) is 0 Å². The van der Waals surface area contributed by atoms with E-state index in [-0.39, 0.29) is 5.91 Å². The molecule has 0 saturated carbocycles. The van der Waals surface area contributed by atoms with Gasteiger partial charge in [-0.1, -0.05) is 29.8 Å². The van der Waals surface area contributed by atoms with Crippen molar-refractivity contribution in [2.24, 2.45) is 5.73 Å². The molecular formula is C16H14ClN3O. The van der Waals surface area contributed by atoms with E-state index in [1.165, 1.54) is 0 Å². The summed E-state index contributed by atoms with van der Waals surface area (Å²) < 4.78 is 0. The summed E-state index contributed by atoms with van der Waals surface area (Å²) in [6.45, 7) is 0.476. The minimum Gasteiger partial charge on any atom is -0.330 e. The molecule has 0 fully saturated rings. The quantitative estimate of drug-likeness (QED) is 0.911. The Hall–Kier alpha value is -2.35. The molecule has 21 heavy (non-hydrogen) atoms. The van der Waals surface area contributed by atoms with Crippen LogP contribution in [0, 0.1) is 11.3 Å². The third-order valence-corrected chi connectivity index (χ3v) is 3.35. The van der Waals surface area contributed by atoms with Crippen LogP contribution < -0.4 is 11.1 Å². The first kappa shape index (κ1) is 15.0. The Bertz CT molecular complexity index is 707. The highest BCUT2D eigenvalue weighted by Crippen LogP contribution is 2.20. The molecular weight excluding hydrogens is 286 g/mol. The van der Waals surface area contributed by atoms with Crippen LogP contribution in [0.4, 0.5) is 5.69 Å². The van der Waals surface area contributed by atoms with E-state index in [0.717, 1.165) is 5.56 Å². The molecule has 0 atom stereocenters. The largest absolute Gasteiger partial charge is 0.330 e. The van der Waals surface area contributed by atoms with Gasteiger partial charge in [-0.05, 0) is 42.8 Å². The molecule has 4 nitrogen and oxygen atoms in total. The maximum atomic E-state index is 12.3. The monoisotopic (exact) mass is 299 g/mol. The second kappa shape index (κ2) is 6.89. The van der Waals surface area contributed by atoms with Gasteiger partial charge in [0, 0.05) is 11.3 Å². The fraction of sp³-hybridized carbons (Fsp3) is 0.125. The molecule has 1 amide bonds. The van der Waals surface area contributed by atoms with Gasteiger partial charge in [0.25, 0.3) is 5.91 Å². The molecule has 0 saturated heterocycles. The Morgan fingerprint density at radius 1 is 1.29 bits per heavy atom. The molecule has 0 aliphatic heterocycles. The van der Waals surface area contributed by atoms with E-state index >= 15 is 0 Å². The van der Waals surface area contributed by atoms with E-state index in [1.807, 2.05) is 18.2 Å². The van der Waals surface area contributed by atoms with Gasteiger partial charge >= 0.3 is 0 Å². The van der Waals surface area contributed by atoms with Crippen LogP contribution >= 0.6 is 11.6 Å². The van der Waals surface area contributed by atoms with Gasteiger partial charge in [-0.2, -0.15) is 5.26 Å². The first-order valence-corrected chi connectivity index (χ1v) is 6.82. The summed E-state index contributed by atoms with van der Waals surface area (Å²) in [4.78, 5) is 12.3. The Morgan fingerprint density at radius 2 is 2.05 bits per heavy atom. The van der Waals surface area contributed by atoms with Gasteiger partial charge < -0.3 is 11.1 Å². The van der Waals surface area contributed by atoms with Crippen molar-refractivity contribution in [3.63, 3.8) is 0 Å². The number of nitrogens with two attached hydrogens (primary N) is 1. The second-order valence-corrected chi connectivity index (χ2v) is 4.86. The lowest BCUT2D eigenvalue weighted by atomic mass is 10.0. The highest BCUT2D eigenvalue weighted by molar-refractivity contribution is 6.31. The number of carbonyl (C=O) groups excluding carboxylic acids is 1. The van der Waals surface area contributed by atoms with Gasteiger partial charge in [-0.3, -0.25) is 4.79 Å².